The van der Waals surface area contributed by atoms with E-state index in [9.17, 15) is 4.79 Å². The van der Waals surface area contributed by atoms with Crippen LogP contribution in [0.5, 0.6) is 0 Å². The number of aromatic nitrogens is 1. The van der Waals surface area contributed by atoms with Crippen molar-refractivity contribution in [1.29, 1.82) is 0 Å². The zero-order chi connectivity index (χ0) is 14.2. The van der Waals surface area contributed by atoms with Gasteiger partial charge in [0.05, 0.1) is 17.9 Å². The van der Waals surface area contributed by atoms with E-state index in [1.807, 2.05) is 16.5 Å². The maximum atomic E-state index is 12.4. The number of hydrogen-bond acceptors (Lipinski definition) is 5. The molecule has 0 saturated carbocycles. The van der Waals surface area contributed by atoms with Crippen molar-refractivity contribution in [2.24, 2.45) is 5.92 Å². The van der Waals surface area contributed by atoms with Gasteiger partial charge in [-0.25, -0.2) is 4.98 Å². The minimum atomic E-state index is 0.0310. The number of thiazole rings is 1. The van der Waals surface area contributed by atoms with Gasteiger partial charge in [0.25, 0.3) is 5.91 Å². The molecular formula is C15H16N2O3S. The molecule has 0 N–H and O–H groups in total. The molecule has 4 heterocycles. The number of nitrogens with zero attached hydrogens (tertiary/aromatic N) is 2. The molecule has 0 radical (unpaired) electrons. The number of piperidine rings is 1. The van der Waals surface area contributed by atoms with E-state index in [-0.39, 0.29) is 18.1 Å². The van der Waals surface area contributed by atoms with E-state index >= 15 is 0 Å². The number of carbonyl (C=O) groups excluding carboxylic acids is 1. The van der Waals surface area contributed by atoms with Crippen LogP contribution in [-0.4, -0.2) is 35.0 Å². The number of furan rings is 1. The summed E-state index contributed by atoms with van der Waals surface area (Å²) in [5, 5.41) is 3.03. The SMILES string of the molecule is O=C(c1ccoc1)N1CC[C@H]2C[C@@H](c3nccs3)O[C@@H]2C1. The monoisotopic (exact) mass is 304 g/mol. The van der Waals surface area contributed by atoms with Gasteiger partial charge >= 0.3 is 0 Å². The molecule has 0 unspecified atom stereocenters. The highest BCUT2D eigenvalue weighted by atomic mass is 32.1. The summed E-state index contributed by atoms with van der Waals surface area (Å²) in [5.41, 5.74) is 0.614. The maximum absolute atomic E-state index is 12.4. The molecule has 5 nitrogen and oxygen atoms in total. The molecule has 3 atom stereocenters. The maximum Gasteiger partial charge on any atom is 0.257 e. The van der Waals surface area contributed by atoms with Crippen LogP contribution in [0, 0.1) is 5.92 Å². The molecule has 0 aromatic carbocycles. The van der Waals surface area contributed by atoms with E-state index in [1.54, 1.807) is 17.4 Å². The second-order valence-corrected chi connectivity index (χ2v) is 6.51. The van der Waals surface area contributed by atoms with Crippen LogP contribution in [0.15, 0.2) is 34.6 Å². The lowest BCUT2D eigenvalue weighted by Crippen LogP contribution is -2.45. The molecule has 2 fully saturated rings. The van der Waals surface area contributed by atoms with Crippen LogP contribution < -0.4 is 0 Å². The molecule has 0 bridgehead atoms. The second kappa shape index (κ2) is 5.27. The number of fused-ring (bicyclic) bond motifs is 1. The highest BCUT2D eigenvalue weighted by Gasteiger charge is 2.41. The van der Waals surface area contributed by atoms with Gasteiger partial charge in [0, 0.05) is 24.7 Å². The molecule has 2 aromatic rings. The first-order valence-electron chi connectivity index (χ1n) is 7.17. The third-order valence-electron chi connectivity index (χ3n) is 4.33. The third kappa shape index (κ3) is 2.38. The summed E-state index contributed by atoms with van der Waals surface area (Å²) < 4.78 is 11.1. The Hall–Kier alpha value is -1.66. The van der Waals surface area contributed by atoms with Crippen LogP contribution >= 0.6 is 11.3 Å². The van der Waals surface area contributed by atoms with Gasteiger partial charge in [-0.05, 0) is 24.8 Å². The highest BCUT2D eigenvalue weighted by Crippen LogP contribution is 2.41. The van der Waals surface area contributed by atoms with Gasteiger partial charge < -0.3 is 14.1 Å². The van der Waals surface area contributed by atoms with Crippen molar-refractivity contribution >= 4 is 17.2 Å². The second-order valence-electron chi connectivity index (χ2n) is 5.58. The van der Waals surface area contributed by atoms with E-state index in [1.165, 1.54) is 12.5 Å². The predicted octanol–water partition coefficient (Wildman–Crippen LogP) is 2.73. The molecule has 2 aliphatic rings. The molecule has 110 valence electrons. The van der Waals surface area contributed by atoms with Crippen molar-refractivity contribution in [3.63, 3.8) is 0 Å². The van der Waals surface area contributed by atoms with Gasteiger partial charge in [-0.3, -0.25) is 4.79 Å². The Kier molecular flexibility index (Phi) is 3.27. The van der Waals surface area contributed by atoms with Crippen molar-refractivity contribution in [3.05, 3.63) is 40.7 Å². The number of carbonyl (C=O) groups is 1. The summed E-state index contributed by atoms with van der Waals surface area (Å²) in [7, 11) is 0. The van der Waals surface area contributed by atoms with Gasteiger partial charge in [-0.2, -0.15) is 0 Å². The number of amides is 1. The smallest absolute Gasteiger partial charge is 0.257 e. The molecule has 6 heteroatoms. The van der Waals surface area contributed by atoms with Crippen molar-refractivity contribution in [3.8, 4) is 0 Å². The minimum absolute atomic E-state index is 0.0310. The lowest BCUT2D eigenvalue weighted by molar-refractivity contribution is -0.00450. The Balaban J connectivity index is 1.45. The van der Waals surface area contributed by atoms with E-state index in [0.717, 1.165) is 24.4 Å². The first-order valence-corrected chi connectivity index (χ1v) is 8.05. The Bertz CT molecular complexity index is 611. The van der Waals surface area contributed by atoms with E-state index < -0.39 is 0 Å². The van der Waals surface area contributed by atoms with Gasteiger partial charge in [0.2, 0.25) is 0 Å². The normalized spacial score (nSPS) is 28.6. The van der Waals surface area contributed by atoms with Gasteiger partial charge in [-0.1, -0.05) is 0 Å². The molecule has 2 saturated heterocycles. The van der Waals surface area contributed by atoms with Gasteiger partial charge in [-0.15, -0.1) is 11.3 Å². The minimum Gasteiger partial charge on any atom is -0.472 e. The van der Waals surface area contributed by atoms with E-state index in [2.05, 4.69) is 4.98 Å². The van der Waals surface area contributed by atoms with Gasteiger partial charge in [0.1, 0.15) is 17.4 Å². The quantitative estimate of drug-likeness (QED) is 0.856. The van der Waals surface area contributed by atoms with Crippen LogP contribution in [0.4, 0.5) is 0 Å². The number of likely N-dealkylation sites (tertiary alicyclic amines) is 1. The molecule has 0 spiro atoms. The molecule has 21 heavy (non-hydrogen) atoms. The average molecular weight is 304 g/mol. The summed E-state index contributed by atoms with van der Waals surface area (Å²) >= 11 is 1.64. The van der Waals surface area contributed by atoms with Crippen LogP contribution in [-0.2, 0) is 4.74 Å². The molecule has 4 rings (SSSR count). The summed E-state index contributed by atoms with van der Waals surface area (Å²) in [4.78, 5) is 18.6. The van der Waals surface area contributed by atoms with Crippen molar-refractivity contribution in [1.82, 2.24) is 9.88 Å². The lowest BCUT2D eigenvalue weighted by atomic mass is 9.91. The largest absolute Gasteiger partial charge is 0.472 e. The first-order chi connectivity index (χ1) is 10.3. The van der Waals surface area contributed by atoms with E-state index in [4.69, 9.17) is 9.15 Å². The third-order valence-corrected chi connectivity index (χ3v) is 5.20. The molecule has 2 aromatic heterocycles. The number of hydrogen-bond donors (Lipinski definition) is 0. The van der Waals surface area contributed by atoms with Crippen LogP contribution in [0.25, 0.3) is 0 Å². The predicted molar refractivity (Wildman–Crippen MR) is 77.1 cm³/mol. The summed E-state index contributed by atoms with van der Waals surface area (Å²) in [5.74, 6) is 0.566. The van der Waals surface area contributed by atoms with Crippen LogP contribution in [0.1, 0.15) is 34.3 Å². The van der Waals surface area contributed by atoms with Gasteiger partial charge in [0.15, 0.2) is 0 Å². The highest BCUT2D eigenvalue weighted by molar-refractivity contribution is 7.09. The fraction of sp³-hybridized carbons (Fsp3) is 0.467. The van der Waals surface area contributed by atoms with Crippen molar-refractivity contribution in [2.75, 3.05) is 13.1 Å². The zero-order valence-corrected chi connectivity index (χ0v) is 12.3. The Morgan fingerprint density at radius 1 is 1.48 bits per heavy atom. The molecular weight excluding hydrogens is 288 g/mol. The Labute approximate surface area is 126 Å². The lowest BCUT2D eigenvalue weighted by Gasteiger charge is -2.33. The fourth-order valence-electron chi connectivity index (χ4n) is 3.24. The Morgan fingerprint density at radius 3 is 3.19 bits per heavy atom. The van der Waals surface area contributed by atoms with Crippen LogP contribution in [0.2, 0.25) is 0 Å². The summed E-state index contributed by atoms with van der Waals surface area (Å²) in [6, 6.07) is 1.71. The number of rotatable bonds is 2. The standard InChI is InChI=1S/C15H16N2O3S/c18-15(11-2-5-19-9-11)17-4-1-10-7-12(20-13(10)8-17)14-16-3-6-21-14/h2-3,5-6,9-10,12-13H,1,4,7-8H2/t10-,12-,13+/m0/s1. The first kappa shape index (κ1) is 13.0. The number of ether oxygens (including phenoxy) is 1. The summed E-state index contributed by atoms with van der Waals surface area (Å²) in [6.45, 7) is 1.45. The summed E-state index contributed by atoms with van der Waals surface area (Å²) in [6.07, 6.45) is 7.10. The van der Waals surface area contributed by atoms with Crippen LogP contribution in [0.3, 0.4) is 0 Å². The average Bonchev–Trinajstić information content (AvgIpc) is 3.24. The fourth-order valence-corrected chi connectivity index (χ4v) is 3.92. The Morgan fingerprint density at radius 2 is 2.43 bits per heavy atom. The zero-order valence-electron chi connectivity index (χ0n) is 11.5. The molecule has 1 amide bonds. The van der Waals surface area contributed by atoms with E-state index in [0.29, 0.717) is 18.0 Å². The van der Waals surface area contributed by atoms with Crippen molar-refractivity contribution in [2.45, 2.75) is 25.0 Å². The topological polar surface area (TPSA) is 55.6 Å². The molecule has 0 aliphatic carbocycles. The van der Waals surface area contributed by atoms with Crippen molar-refractivity contribution < 1.29 is 13.9 Å². The molecule has 2 aliphatic heterocycles.